The van der Waals surface area contributed by atoms with Gasteiger partial charge >= 0.3 is 5.97 Å². The molecule has 0 N–H and O–H groups in total. The Kier molecular flexibility index (Phi) is 5.14. The summed E-state index contributed by atoms with van der Waals surface area (Å²) in [5.74, 6) is -0.684. The molecule has 6 nitrogen and oxygen atoms in total. The summed E-state index contributed by atoms with van der Waals surface area (Å²) in [6.07, 6.45) is 0.588. The Bertz CT molecular complexity index is 1090. The van der Waals surface area contributed by atoms with E-state index in [4.69, 9.17) is 16.3 Å². The molecule has 0 bridgehead atoms. The van der Waals surface area contributed by atoms with Gasteiger partial charge in [0.1, 0.15) is 12.1 Å². The Balaban J connectivity index is 2.16. The zero-order chi connectivity index (χ0) is 20.6. The number of rotatable bonds is 3. The van der Waals surface area contributed by atoms with Crippen molar-refractivity contribution in [3.8, 4) is 17.2 Å². The number of nitriles is 1. The topological polar surface area (TPSA) is 89.2 Å². The second-order valence-electron chi connectivity index (χ2n) is 7.62. The highest BCUT2D eigenvalue weighted by Crippen LogP contribution is 2.34. The standard InChI is InChI=1S/C21H19ClN2O4/c1-21(2,3)28-19(27)11-24-16-6-7-17(25)20(16)15(9-18(24)26)14-8-13(22)5-4-12(14)10-23/h4-5,8-9H,6-7,11H2,1-3H3. The van der Waals surface area contributed by atoms with Gasteiger partial charge in [0.25, 0.3) is 5.56 Å². The van der Waals surface area contributed by atoms with E-state index in [1.165, 1.54) is 10.6 Å². The number of ether oxygens (including phenoxy) is 1. The van der Waals surface area contributed by atoms with Gasteiger partial charge in [-0.1, -0.05) is 11.6 Å². The SMILES string of the molecule is CC(C)(C)OC(=O)Cn1c2c(c(-c3cc(Cl)ccc3C#N)cc1=O)C(=O)CC2. The number of ketones is 1. The van der Waals surface area contributed by atoms with Crippen LogP contribution in [0, 0.1) is 11.3 Å². The van der Waals surface area contributed by atoms with Crippen molar-refractivity contribution < 1.29 is 14.3 Å². The molecule has 0 amide bonds. The number of carbonyl (C=O) groups is 2. The van der Waals surface area contributed by atoms with E-state index in [1.54, 1.807) is 39.0 Å². The van der Waals surface area contributed by atoms with E-state index < -0.39 is 17.1 Å². The van der Waals surface area contributed by atoms with Crippen molar-refractivity contribution in [2.45, 2.75) is 45.8 Å². The van der Waals surface area contributed by atoms with Crippen LogP contribution >= 0.6 is 11.6 Å². The number of nitrogens with zero attached hydrogens (tertiary/aromatic N) is 2. The van der Waals surface area contributed by atoms with Crippen LogP contribution in [-0.4, -0.2) is 21.9 Å². The average molecular weight is 399 g/mol. The molecule has 0 unspecified atom stereocenters. The summed E-state index contributed by atoms with van der Waals surface area (Å²) in [5, 5.41) is 9.81. The Morgan fingerprint density at radius 2 is 1.93 bits per heavy atom. The lowest BCUT2D eigenvalue weighted by Crippen LogP contribution is -2.32. The predicted molar refractivity (Wildman–Crippen MR) is 104 cm³/mol. The number of benzene rings is 1. The molecule has 7 heteroatoms. The fourth-order valence-corrected chi connectivity index (χ4v) is 3.52. The molecular formula is C21H19ClN2O4. The molecule has 144 valence electrons. The first kappa shape index (κ1) is 19.8. The van der Waals surface area contributed by atoms with E-state index >= 15 is 0 Å². The first-order valence-corrected chi connectivity index (χ1v) is 9.20. The van der Waals surface area contributed by atoms with Crippen molar-refractivity contribution in [2.24, 2.45) is 0 Å². The number of hydrogen-bond acceptors (Lipinski definition) is 5. The van der Waals surface area contributed by atoms with Gasteiger partial charge in [0.05, 0.1) is 11.6 Å². The number of pyridine rings is 1. The second-order valence-corrected chi connectivity index (χ2v) is 8.05. The van der Waals surface area contributed by atoms with Gasteiger partial charge < -0.3 is 9.30 Å². The number of fused-ring (bicyclic) bond motifs is 1. The third-order valence-corrected chi connectivity index (χ3v) is 4.62. The molecule has 1 aliphatic carbocycles. The van der Waals surface area contributed by atoms with Gasteiger partial charge in [0.2, 0.25) is 0 Å². The van der Waals surface area contributed by atoms with Gasteiger partial charge in [-0.25, -0.2) is 0 Å². The number of aromatic nitrogens is 1. The van der Waals surface area contributed by atoms with Crippen LogP contribution in [0.1, 0.15) is 48.8 Å². The van der Waals surface area contributed by atoms with E-state index in [1.807, 2.05) is 0 Å². The van der Waals surface area contributed by atoms with Crippen LogP contribution < -0.4 is 5.56 Å². The molecule has 0 atom stereocenters. The third-order valence-electron chi connectivity index (χ3n) is 4.38. The molecule has 1 aromatic carbocycles. The number of carbonyl (C=O) groups excluding carboxylic acids is 2. The van der Waals surface area contributed by atoms with Crippen molar-refractivity contribution in [2.75, 3.05) is 0 Å². The summed E-state index contributed by atoms with van der Waals surface area (Å²) in [5.41, 5.74) is 0.866. The minimum atomic E-state index is -0.678. The highest BCUT2D eigenvalue weighted by Gasteiger charge is 2.30. The van der Waals surface area contributed by atoms with Gasteiger partial charge in [-0.2, -0.15) is 5.26 Å². The highest BCUT2D eigenvalue weighted by molar-refractivity contribution is 6.31. The van der Waals surface area contributed by atoms with Crippen LogP contribution in [0.2, 0.25) is 5.02 Å². The van der Waals surface area contributed by atoms with Crippen molar-refractivity contribution in [1.82, 2.24) is 4.57 Å². The summed E-state index contributed by atoms with van der Waals surface area (Å²) < 4.78 is 6.59. The summed E-state index contributed by atoms with van der Waals surface area (Å²) in [6, 6.07) is 8.06. The Hall–Kier alpha value is -2.91. The fourth-order valence-electron chi connectivity index (χ4n) is 3.35. The minimum Gasteiger partial charge on any atom is -0.459 e. The molecule has 0 radical (unpaired) electrons. The maximum Gasteiger partial charge on any atom is 0.326 e. The molecule has 0 saturated heterocycles. The molecule has 1 aliphatic rings. The molecule has 1 heterocycles. The third kappa shape index (κ3) is 3.85. The maximum absolute atomic E-state index is 12.8. The summed E-state index contributed by atoms with van der Waals surface area (Å²) in [4.78, 5) is 37.6. The molecule has 2 aromatic rings. The normalized spacial score (nSPS) is 13.2. The van der Waals surface area contributed by atoms with Crippen LogP contribution in [0.25, 0.3) is 11.1 Å². The van der Waals surface area contributed by atoms with Crippen LogP contribution in [0.5, 0.6) is 0 Å². The van der Waals surface area contributed by atoms with Gasteiger partial charge in [-0.3, -0.25) is 14.4 Å². The highest BCUT2D eigenvalue weighted by atomic mass is 35.5. The van der Waals surface area contributed by atoms with Crippen molar-refractivity contribution >= 4 is 23.4 Å². The molecule has 0 aliphatic heterocycles. The summed E-state index contributed by atoms with van der Waals surface area (Å²) in [7, 11) is 0. The number of hydrogen-bond donors (Lipinski definition) is 0. The zero-order valence-corrected chi connectivity index (χ0v) is 16.6. The van der Waals surface area contributed by atoms with Crippen LogP contribution in [0.15, 0.2) is 29.1 Å². The van der Waals surface area contributed by atoms with Gasteiger partial charge in [-0.15, -0.1) is 0 Å². The van der Waals surface area contributed by atoms with E-state index in [0.29, 0.717) is 39.4 Å². The number of Topliss-reactive ketones (excluding diaryl/α,β-unsaturated/α-hetero) is 1. The zero-order valence-electron chi connectivity index (χ0n) is 15.8. The minimum absolute atomic E-state index is 0.133. The Labute approximate surface area is 167 Å². The lowest BCUT2D eigenvalue weighted by molar-refractivity contribution is -0.155. The molecule has 28 heavy (non-hydrogen) atoms. The van der Waals surface area contributed by atoms with Gasteiger partial charge in [0.15, 0.2) is 5.78 Å². The van der Waals surface area contributed by atoms with E-state index in [2.05, 4.69) is 6.07 Å². The largest absolute Gasteiger partial charge is 0.459 e. The molecular weight excluding hydrogens is 380 g/mol. The van der Waals surface area contributed by atoms with E-state index in [-0.39, 0.29) is 18.7 Å². The van der Waals surface area contributed by atoms with Crippen molar-refractivity contribution in [3.05, 3.63) is 56.5 Å². The van der Waals surface area contributed by atoms with Crippen molar-refractivity contribution in [3.63, 3.8) is 0 Å². The monoisotopic (exact) mass is 398 g/mol. The average Bonchev–Trinajstić information content (AvgIpc) is 2.97. The molecule has 0 saturated carbocycles. The molecule has 3 rings (SSSR count). The van der Waals surface area contributed by atoms with Crippen LogP contribution in [0.3, 0.4) is 0 Å². The fraction of sp³-hybridized carbons (Fsp3) is 0.333. The van der Waals surface area contributed by atoms with Gasteiger partial charge in [-0.05, 0) is 45.4 Å². The molecule has 1 aromatic heterocycles. The van der Waals surface area contributed by atoms with Gasteiger partial charge in [0, 0.05) is 39.9 Å². The first-order chi connectivity index (χ1) is 13.1. The maximum atomic E-state index is 12.8. The summed E-state index contributed by atoms with van der Waals surface area (Å²) in [6.45, 7) is 4.96. The van der Waals surface area contributed by atoms with E-state index in [0.717, 1.165) is 0 Å². The molecule has 0 fully saturated rings. The lowest BCUT2D eigenvalue weighted by Gasteiger charge is -2.21. The second kappa shape index (κ2) is 7.25. The predicted octanol–water partition coefficient (Wildman–Crippen LogP) is 3.51. The van der Waals surface area contributed by atoms with Crippen LogP contribution in [-0.2, 0) is 22.5 Å². The van der Waals surface area contributed by atoms with Crippen LogP contribution in [0.4, 0.5) is 0 Å². The Morgan fingerprint density at radius 3 is 2.57 bits per heavy atom. The molecule has 0 spiro atoms. The Morgan fingerprint density at radius 1 is 1.21 bits per heavy atom. The quantitative estimate of drug-likeness (QED) is 0.738. The summed E-state index contributed by atoms with van der Waals surface area (Å²) >= 11 is 6.07. The lowest BCUT2D eigenvalue weighted by atomic mass is 9.95. The number of esters is 1. The van der Waals surface area contributed by atoms with E-state index in [9.17, 15) is 19.6 Å². The first-order valence-electron chi connectivity index (χ1n) is 8.82. The number of halogens is 1. The van der Waals surface area contributed by atoms with Crippen molar-refractivity contribution in [1.29, 1.82) is 5.26 Å². The smallest absolute Gasteiger partial charge is 0.326 e.